The molecule has 0 fully saturated rings. The molecule has 1 aromatic rings. The van der Waals surface area contributed by atoms with Crippen molar-refractivity contribution >= 4 is 29.9 Å². The van der Waals surface area contributed by atoms with E-state index in [0.29, 0.717) is 6.54 Å². The lowest BCUT2D eigenvalue weighted by molar-refractivity contribution is 0.336. The first kappa shape index (κ1) is 16.1. The van der Waals surface area contributed by atoms with E-state index in [-0.39, 0.29) is 35.8 Å². The Morgan fingerprint density at radius 2 is 1.88 bits per heavy atom. The average Bonchev–Trinajstić information content (AvgIpc) is 2.21. The van der Waals surface area contributed by atoms with Gasteiger partial charge in [-0.15, -0.1) is 24.0 Å². The number of likely N-dealkylation sites (N-methyl/N-ethyl adjacent to an activating group) is 1. The van der Waals surface area contributed by atoms with Crippen LogP contribution < -0.4 is 11.5 Å². The van der Waals surface area contributed by atoms with Crippen LogP contribution in [0.2, 0.25) is 0 Å². The maximum Gasteiger partial charge on any atom is 0.185 e. The lowest BCUT2D eigenvalue weighted by atomic mass is 10.2. The molecule has 6 heteroatoms. The van der Waals surface area contributed by atoms with E-state index in [1.54, 1.807) is 12.1 Å². The van der Waals surface area contributed by atoms with Gasteiger partial charge in [-0.3, -0.25) is 4.99 Å². The van der Waals surface area contributed by atoms with Crippen LogP contribution in [0.25, 0.3) is 0 Å². The van der Waals surface area contributed by atoms with Gasteiger partial charge >= 0.3 is 0 Å². The molecule has 0 radical (unpaired) electrons. The molecule has 0 aliphatic carbocycles. The molecule has 0 aliphatic rings. The summed E-state index contributed by atoms with van der Waals surface area (Å²) in [7, 11) is 1.96. The summed E-state index contributed by atoms with van der Waals surface area (Å²) in [5.41, 5.74) is 11.5. The van der Waals surface area contributed by atoms with Gasteiger partial charge in [-0.25, -0.2) is 4.39 Å². The zero-order valence-corrected chi connectivity index (χ0v) is 12.1. The topological polar surface area (TPSA) is 67.6 Å². The second-order valence-electron chi connectivity index (χ2n) is 3.67. The third-order valence-corrected chi connectivity index (χ3v) is 2.14. The van der Waals surface area contributed by atoms with E-state index in [0.717, 1.165) is 18.7 Å². The minimum atomic E-state index is -0.216. The van der Waals surface area contributed by atoms with Crippen molar-refractivity contribution < 1.29 is 4.39 Å². The molecule has 0 bridgehead atoms. The quantitative estimate of drug-likeness (QED) is 0.475. The Bertz CT molecular complexity index is 349. The van der Waals surface area contributed by atoms with Crippen LogP contribution in [0.1, 0.15) is 5.56 Å². The van der Waals surface area contributed by atoms with Gasteiger partial charge in [0.05, 0.1) is 6.54 Å². The number of aliphatic imine (C=N–C) groups is 1. The zero-order chi connectivity index (χ0) is 12.0. The predicted molar refractivity (Wildman–Crippen MR) is 78.8 cm³/mol. The number of nitrogens with zero attached hydrogens (tertiary/aromatic N) is 2. The lowest BCUT2D eigenvalue weighted by Gasteiger charge is -2.15. The van der Waals surface area contributed by atoms with E-state index in [1.165, 1.54) is 12.1 Å². The minimum absolute atomic E-state index is 0. The molecule has 0 spiro atoms. The Hall–Kier alpha value is -0.890. The third-order valence-electron chi connectivity index (χ3n) is 2.14. The summed E-state index contributed by atoms with van der Waals surface area (Å²) in [6.45, 7) is 2.08. The molecule has 0 aromatic heterocycles. The van der Waals surface area contributed by atoms with Crippen LogP contribution in [0.15, 0.2) is 29.3 Å². The Labute approximate surface area is 118 Å². The smallest absolute Gasteiger partial charge is 0.185 e. The number of hydrogen-bond acceptors (Lipinski definition) is 2. The van der Waals surface area contributed by atoms with Crippen LogP contribution in [-0.4, -0.2) is 31.0 Å². The van der Waals surface area contributed by atoms with Gasteiger partial charge in [0, 0.05) is 13.1 Å². The Balaban J connectivity index is 0.00000256. The van der Waals surface area contributed by atoms with Crippen LogP contribution in [0, 0.1) is 5.82 Å². The fourth-order valence-electron chi connectivity index (χ4n) is 1.33. The molecule has 4 nitrogen and oxygen atoms in total. The van der Waals surface area contributed by atoms with Gasteiger partial charge in [0.1, 0.15) is 5.82 Å². The molecule has 0 atom stereocenters. The normalized spacial score (nSPS) is 9.82. The molecule has 17 heavy (non-hydrogen) atoms. The van der Waals surface area contributed by atoms with Crippen molar-refractivity contribution in [2.24, 2.45) is 16.5 Å². The predicted octanol–water partition coefficient (Wildman–Crippen LogP) is 1.15. The molecule has 1 rings (SSSR count). The highest BCUT2D eigenvalue weighted by molar-refractivity contribution is 14.0. The highest BCUT2D eigenvalue weighted by Crippen LogP contribution is 2.05. The van der Waals surface area contributed by atoms with E-state index < -0.39 is 0 Å². The monoisotopic (exact) mass is 352 g/mol. The highest BCUT2D eigenvalue weighted by atomic mass is 127. The molecule has 0 saturated carbocycles. The molecule has 0 saturated heterocycles. The van der Waals surface area contributed by atoms with Gasteiger partial charge in [-0.05, 0) is 24.7 Å². The molecule has 0 amide bonds. The number of halogens is 2. The van der Waals surface area contributed by atoms with Crippen LogP contribution >= 0.6 is 24.0 Å². The molecule has 0 aliphatic heterocycles. The van der Waals surface area contributed by atoms with Crippen molar-refractivity contribution in [1.82, 2.24) is 4.90 Å². The molecule has 4 N–H and O–H groups in total. The summed E-state index contributed by atoms with van der Waals surface area (Å²) in [5, 5.41) is 0. The molecule has 0 unspecified atom stereocenters. The number of rotatable bonds is 5. The summed E-state index contributed by atoms with van der Waals surface area (Å²) < 4.78 is 12.7. The average molecular weight is 352 g/mol. The van der Waals surface area contributed by atoms with Crippen molar-refractivity contribution in [3.63, 3.8) is 0 Å². The SMILES string of the molecule is CN(CCN=C(N)N)Cc1ccc(F)cc1.I. The van der Waals surface area contributed by atoms with Crippen LogP contribution in [-0.2, 0) is 6.54 Å². The first-order valence-corrected chi connectivity index (χ1v) is 5.06. The van der Waals surface area contributed by atoms with Gasteiger partial charge in [0.25, 0.3) is 0 Å². The molecule has 0 heterocycles. The fraction of sp³-hybridized carbons (Fsp3) is 0.364. The number of hydrogen-bond donors (Lipinski definition) is 2. The second-order valence-corrected chi connectivity index (χ2v) is 3.67. The van der Waals surface area contributed by atoms with Crippen molar-refractivity contribution in [2.75, 3.05) is 20.1 Å². The second kappa shape index (κ2) is 8.24. The van der Waals surface area contributed by atoms with E-state index in [1.807, 2.05) is 7.05 Å². The number of benzene rings is 1. The highest BCUT2D eigenvalue weighted by Gasteiger charge is 1.99. The Morgan fingerprint density at radius 1 is 1.29 bits per heavy atom. The van der Waals surface area contributed by atoms with Crippen molar-refractivity contribution in [3.05, 3.63) is 35.6 Å². The first-order valence-electron chi connectivity index (χ1n) is 5.06. The van der Waals surface area contributed by atoms with Gasteiger partial charge < -0.3 is 16.4 Å². The lowest BCUT2D eigenvalue weighted by Crippen LogP contribution is -2.26. The van der Waals surface area contributed by atoms with E-state index in [2.05, 4.69) is 9.89 Å². The van der Waals surface area contributed by atoms with Crippen molar-refractivity contribution in [2.45, 2.75) is 6.54 Å². The number of guanidine groups is 1. The van der Waals surface area contributed by atoms with Crippen LogP contribution in [0.4, 0.5) is 4.39 Å². The van der Waals surface area contributed by atoms with Crippen LogP contribution in [0.5, 0.6) is 0 Å². The van der Waals surface area contributed by atoms with Gasteiger partial charge in [0.15, 0.2) is 5.96 Å². The van der Waals surface area contributed by atoms with E-state index >= 15 is 0 Å². The summed E-state index contributed by atoms with van der Waals surface area (Å²) in [6.07, 6.45) is 0. The Morgan fingerprint density at radius 3 is 2.41 bits per heavy atom. The molecular weight excluding hydrogens is 334 g/mol. The molecule has 96 valence electrons. The van der Waals surface area contributed by atoms with Crippen molar-refractivity contribution in [1.29, 1.82) is 0 Å². The standard InChI is InChI=1S/C11H17FN4.HI/c1-16(7-6-15-11(13)14)8-9-2-4-10(12)5-3-9;/h2-5H,6-8H2,1H3,(H4,13,14,15);1H. The maximum absolute atomic E-state index is 12.7. The van der Waals surface area contributed by atoms with Gasteiger partial charge in [0.2, 0.25) is 0 Å². The fourth-order valence-corrected chi connectivity index (χ4v) is 1.33. The molecule has 1 aromatic carbocycles. The Kier molecular flexibility index (Phi) is 7.81. The number of nitrogens with two attached hydrogens (primary N) is 2. The largest absolute Gasteiger partial charge is 0.370 e. The summed E-state index contributed by atoms with van der Waals surface area (Å²) >= 11 is 0. The maximum atomic E-state index is 12.7. The minimum Gasteiger partial charge on any atom is -0.370 e. The van der Waals surface area contributed by atoms with Gasteiger partial charge in [-0.2, -0.15) is 0 Å². The zero-order valence-electron chi connectivity index (χ0n) is 9.77. The third kappa shape index (κ3) is 7.11. The van der Waals surface area contributed by atoms with Gasteiger partial charge in [-0.1, -0.05) is 12.1 Å². The van der Waals surface area contributed by atoms with Crippen LogP contribution in [0.3, 0.4) is 0 Å². The van der Waals surface area contributed by atoms with Crippen molar-refractivity contribution in [3.8, 4) is 0 Å². The molecular formula is C11H18FIN4. The summed E-state index contributed by atoms with van der Waals surface area (Å²) in [5.74, 6) is -0.109. The van der Waals surface area contributed by atoms with E-state index in [9.17, 15) is 4.39 Å². The summed E-state index contributed by atoms with van der Waals surface area (Å²) in [4.78, 5) is 5.96. The first-order chi connectivity index (χ1) is 7.58. The summed E-state index contributed by atoms with van der Waals surface area (Å²) in [6, 6.07) is 6.46. The van der Waals surface area contributed by atoms with E-state index in [4.69, 9.17) is 11.5 Å².